The Kier molecular flexibility index (Phi) is 6.00. The van der Waals surface area contributed by atoms with Crippen LogP contribution < -0.4 is 15.2 Å². The molecule has 6 nitrogen and oxygen atoms in total. The fourth-order valence-corrected chi connectivity index (χ4v) is 2.29. The lowest BCUT2D eigenvalue weighted by Gasteiger charge is -2.13. The van der Waals surface area contributed by atoms with Crippen molar-refractivity contribution in [3.8, 4) is 5.75 Å². The van der Waals surface area contributed by atoms with E-state index in [9.17, 15) is 8.42 Å². The molecule has 0 bridgehead atoms. The van der Waals surface area contributed by atoms with Gasteiger partial charge in [0.05, 0.1) is 18.0 Å². The van der Waals surface area contributed by atoms with Crippen molar-refractivity contribution in [2.24, 2.45) is 5.73 Å². The summed E-state index contributed by atoms with van der Waals surface area (Å²) >= 11 is 4.70. The molecule has 19 heavy (non-hydrogen) atoms. The third kappa shape index (κ3) is 5.86. The van der Waals surface area contributed by atoms with Crippen molar-refractivity contribution in [1.82, 2.24) is 0 Å². The van der Waals surface area contributed by atoms with Crippen molar-refractivity contribution in [3.63, 3.8) is 0 Å². The summed E-state index contributed by atoms with van der Waals surface area (Å²) < 4.78 is 36.0. The number of anilines is 1. The first-order valence-corrected chi connectivity index (χ1v) is 7.50. The minimum Gasteiger partial charge on any atom is -0.484 e. The molecule has 0 heterocycles. The number of sulfonamides is 1. The summed E-state index contributed by atoms with van der Waals surface area (Å²) in [4.78, 5) is 0.192. The summed E-state index contributed by atoms with van der Waals surface area (Å²) in [5, 5.41) is 0. The van der Waals surface area contributed by atoms with E-state index >= 15 is 0 Å². The molecule has 1 rings (SSSR count). The predicted octanol–water partition coefficient (Wildman–Crippen LogP) is 0.740. The largest absolute Gasteiger partial charge is 0.484 e. The number of thiocarbonyl (C=S) groups is 1. The molecule has 106 valence electrons. The molecule has 0 spiro atoms. The predicted molar refractivity (Wildman–Crippen MR) is 78.0 cm³/mol. The minimum atomic E-state index is -3.48. The summed E-state index contributed by atoms with van der Waals surface area (Å²) in [6, 6.07) is 6.65. The highest BCUT2D eigenvalue weighted by molar-refractivity contribution is 7.92. The summed E-state index contributed by atoms with van der Waals surface area (Å²) in [7, 11) is -2.04. The average Bonchev–Trinajstić information content (AvgIpc) is 2.35. The van der Waals surface area contributed by atoms with Crippen molar-refractivity contribution in [3.05, 3.63) is 24.3 Å². The second-order valence-electron chi connectivity index (χ2n) is 3.66. The van der Waals surface area contributed by atoms with Gasteiger partial charge in [-0.05, 0) is 12.1 Å². The van der Waals surface area contributed by atoms with Gasteiger partial charge >= 0.3 is 0 Å². The summed E-state index contributed by atoms with van der Waals surface area (Å²) in [6.07, 6.45) is 0. The van der Waals surface area contributed by atoms with Gasteiger partial charge in [-0.25, -0.2) is 8.42 Å². The van der Waals surface area contributed by atoms with Crippen LogP contribution in [0.3, 0.4) is 0 Å². The molecule has 1 aromatic rings. The SMILES string of the molecule is COCCS(=O)(=O)Nc1ccccc1OCC(N)=S. The zero-order chi connectivity index (χ0) is 14.3. The molecule has 0 saturated carbocycles. The number of benzene rings is 1. The molecule has 0 fully saturated rings. The Morgan fingerprint density at radius 1 is 1.42 bits per heavy atom. The Balaban J connectivity index is 2.80. The molecule has 0 aliphatic carbocycles. The molecule has 8 heteroatoms. The lowest BCUT2D eigenvalue weighted by molar-refractivity contribution is 0.217. The van der Waals surface area contributed by atoms with Crippen LogP contribution in [0, 0.1) is 0 Å². The topological polar surface area (TPSA) is 90.7 Å². The van der Waals surface area contributed by atoms with Crippen LogP contribution in [-0.4, -0.2) is 39.5 Å². The highest BCUT2D eigenvalue weighted by Crippen LogP contribution is 2.24. The van der Waals surface area contributed by atoms with Crippen molar-refractivity contribution in [2.75, 3.05) is 30.8 Å². The summed E-state index contributed by atoms with van der Waals surface area (Å²) in [5.74, 6) is 0.240. The van der Waals surface area contributed by atoms with E-state index in [0.29, 0.717) is 11.4 Å². The molecular weight excluding hydrogens is 288 g/mol. The van der Waals surface area contributed by atoms with E-state index in [2.05, 4.69) is 4.72 Å². The van der Waals surface area contributed by atoms with Crippen LogP contribution in [0.15, 0.2) is 24.3 Å². The number of para-hydroxylation sites is 2. The van der Waals surface area contributed by atoms with E-state index in [0.717, 1.165) is 0 Å². The second kappa shape index (κ2) is 7.27. The van der Waals surface area contributed by atoms with Gasteiger partial charge in [0, 0.05) is 7.11 Å². The number of nitrogens with two attached hydrogens (primary N) is 1. The Labute approximate surface area is 117 Å². The lowest BCUT2D eigenvalue weighted by Crippen LogP contribution is -2.21. The third-order valence-corrected chi connectivity index (χ3v) is 3.43. The van der Waals surface area contributed by atoms with Crippen LogP contribution >= 0.6 is 12.2 Å². The van der Waals surface area contributed by atoms with E-state index in [1.54, 1.807) is 24.3 Å². The molecular formula is C11H16N2O4S2. The fourth-order valence-electron chi connectivity index (χ4n) is 1.24. The molecule has 0 radical (unpaired) electrons. The first kappa shape index (κ1) is 15.7. The number of rotatable bonds is 8. The molecule has 0 aromatic heterocycles. The van der Waals surface area contributed by atoms with Crippen molar-refractivity contribution < 1.29 is 17.9 Å². The van der Waals surface area contributed by atoms with Gasteiger partial charge in [-0.3, -0.25) is 4.72 Å². The first-order valence-electron chi connectivity index (χ1n) is 5.44. The van der Waals surface area contributed by atoms with E-state index in [-0.39, 0.29) is 24.0 Å². The van der Waals surface area contributed by atoms with Gasteiger partial charge in [0.15, 0.2) is 0 Å². The van der Waals surface area contributed by atoms with Gasteiger partial charge in [0.2, 0.25) is 10.0 Å². The Bertz CT molecular complexity index is 531. The van der Waals surface area contributed by atoms with Gasteiger partial charge in [0.1, 0.15) is 17.3 Å². The van der Waals surface area contributed by atoms with Crippen molar-refractivity contribution >= 4 is 32.9 Å². The number of nitrogens with one attached hydrogen (secondary N) is 1. The number of hydrogen-bond donors (Lipinski definition) is 2. The van der Waals surface area contributed by atoms with Gasteiger partial charge in [-0.1, -0.05) is 24.4 Å². The van der Waals surface area contributed by atoms with Gasteiger partial charge < -0.3 is 15.2 Å². The molecule has 0 atom stereocenters. The van der Waals surface area contributed by atoms with Crippen LogP contribution in [0.4, 0.5) is 5.69 Å². The normalized spacial score (nSPS) is 11.0. The van der Waals surface area contributed by atoms with Gasteiger partial charge in [-0.2, -0.15) is 0 Å². The maximum Gasteiger partial charge on any atom is 0.235 e. The number of ether oxygens (including phenoxy) is 2. The van der Waals surface area contributed by atoms with E-state index < -0.39 is 10.0 Å². The highest BCUT2D eigenvalue weighted by Gasteiger charge is 2.13. The smallest absolute Gasteiger partial charge is 0.235 e. The van der Waals surface area contributed by atoms with Gasteiger partial charge in [-0.15, -0.1) is 0 Å². The monoisotopic (exact) mass is 304 g/mol. The van der Waals surface area contributed by atoms with Crippen molar-refractivity contribution in [2.45, 2.75) is 0 Å². The zero-order valence-corrected chi connectivity index (χ0v) is 12.1. The van der Waals surface area contributed by atoms with Crippen LogP contribution in [0.1, 0.15) is 0 Å². The maximum absolute atomic E-state index is 11.8. The van der Waals surface area contributed by atoms with Crippen LogP contribution in [0.25, 0.3) is 0 Å². The van der Waals surface area contributed by atoms with Gasteiger partial charge in [0.25, 0.3) is 0 Å². The lowest BCUT2D eigenvalue weighted by atomic mass is 10.3. The molecule has 1 aromatic carbocycles. The zero-order valence-electron chi connectivity index (χ0n) is 10.5. The van der Waals surface area contributed by atoms with E-state index in [1.807, 2.05) is 0 Å². The average molecular weight is 304 g/mol. The standard InChI is InChI=1S/C11H16N2O4S2/c1-16-6-7-19(14,15)13-9-4-2-3-5-10(9)17-8-11(12)18/h2-5,13H,6-8H2,1H3,(H2,12,18). The Hall–Kier alpha value is -1.38. The van der Waals surface area contributed by atoms with Crippen molar-refractivity contribution in [1.29, 1.82) is 0 Å². The van der Waals surface area contributed by atoms with E-state index in [4.69, 9.17) is 27.4 Å². The van der Waals surface area contributed by atoms with Crippen LogP contribution in [0.5, 0.6) is 5.75 Å². The molecule has 0 amide bonds. The van der Waals surface area contributed by atoms with Crippen LogP contribution in [-0.2, 0) is 14.8 Å². The van der Waals surface area contributed by atoms with E-state index in [1.165, 1.54) is 7.11 Å². The maximum atomic E-state index is 11.8. The molecule has 0 aliphatic heterocycles. The fraction of sp³-hybridized carbons (Fsp3) is 0.364. The summed E-state index contributed by atoms with van der Waals surface area (Å²) in [6.45, 7) is 0.164. The summed E-state index contributed by atoms with van der Waals surface area (Å²) in [5.41, 5.74) is 5.68. The molecule has 0 aliphatic rings. The second-order valence-corrected chi connectivity index (χ2v) is 6.03. The highest BCUT2D eigenvalue weighted by atomic mass is 32.2. The number of methoxy groups -OCH3 is 1. The molecule has 3 N–H and O–H groups in total. The Morgan fingerprint density at radius 3 is 2.74 bits per heavy atom. The molecule has 0 unspecified atom stereocenters. The third-order valence-electron chi connectivity index (χ3n) is 2.08. The van der Waals surface area contributed by atoms with Crippen LogP contribution in [0.2, 0.25) is 0 Å². The quantitative estimate of drug-likeness (QED) is 0.688. The minimum absolute atomic E-state index is 0.0478. The first-order chi connectivity index (χ1) is 8.94. The Morgan fingerprint density at radius 2 is 2.11 bits per heavy atom. The number of hydrogen-bond acceptors (Lipinski definition) is 5. The molecule has 0 saturated heterocycles.